The molecule has 1 aromatic heterocycles. The minimum atomic E-state index is -1.06. The first kappa shape index (κ1) is 20.3. The highest BCUT2D eigenvalue weighted by Crippen LogP contribution is 2.34. The van der Waals surface area contributed by atoms with Crippen molar-refractivity contribution >= 4 is 16.9 Å². The summed E-state index contributed by atoms with van der Waals surface area (Å²) in [6, 6.07) is 7.07. The molecule has 0 radical (unpaired) electrons. The van der Waals surface area contributed by atoms with Gasteiger partial charge in [-0.1, -0.05) is 12.1 Å². The van der Waals surface area contributed by atoms with Gasteiger partial charge in [-0.2, -0.15) is 0 Å². The van der Waals surface area contributed by atoms with E-state index < -0.39 is 12.0 Å². The maximum atomic E-state index is 13.9. The summed E-state index contributed by atoms with van der Waals surface area (Å²) in [6.45, 7) is 2.68. The second-order valence-corrected chi connectivity index (χ2v) is 7.71. The third-order valence-corrected chi connectivity index (χ3v) is 5.91. The molecule has 1 aliphatic rings. The fourth-order valence-electron chi connectivity index (χ4n) is 4.30. The molecule has 1 atom stereocenters. The highest BCUT2D eigenvalue weighted by Gasteiger charge is 2.24. The topological polar surface area (TPSA) is 94.6 Å². The van der Waals surface area contributed by atoms with Gasteiger partial charge in [0.2, 0.25) is 0 Å². The normalized spacial score (nSPS) is 14.5. The highest BCUT2D eigenvalue weighted by atomic mass is 19.1. The zero-order valence-electron chi connectivity index (χ0n) is 16.9. The third-order valence-electron chi connectivity index (χ3n) is 5.91. The van der Waals surface area contributed by atoms with Crippen LogP contribution in [0, 0.1) is 12.7 Å². The Bertz CT molecular complexity index is 1230. The molecule has 3 N–H and O–H groups in total. The van der Waals surface area contributed by atoms with Crippen molar-refractivity contribution < 1.29 is 19.0 Å². The van der Waals surface area contributed by atoms with E-state index in [-0.39, 0.29) is 17.8 Å². The van der Waals surface area contributed by atoms with Crippen molar-refractivity contribution in [3.63, 3.8) is 0 Å². The molecule has 0 bridgehead atoms. The number of aliphatic carboxylic acids is 1. The van der Waals surface area contributed by atoms with E-state index in [2.05, 4.69) is 0 Å². The molecule has 4 rings (SSSR count). The number of fused-ring (bicyclic) bond motifs is 2. The number of hydrogen-bond acceptors (Lipinski definition) is 4. The Labute approximate surface area is 172 Å². The molecule has 7 heteroatoms. The monoisotopic (exact) mass is 410 g/mol. The quantitative estimate of drug-likeness (QED) is 0.690. The first-order valence-corrected chi connectivity index (χ1v) is 9.78. The number of hydrogen-bond donors (Lipinski definition) is 2. The summed E-state index contributed by atoms with van der Waals surface area (Å²) < 4.78 is 21.1. The number of rotatable bonds is 4. The minimum Gasteiger partial charge on any atom is -0.480 e. The summed E-state index contributed by atoms with van der Waals surface area (Å²) in [6.07, 6.45) is 0.784. The number of carboxylic acids is 1. The summed E-state index contributed by atoms with van der Waals surface area (Å²) in [4.78, 5) is 24.5. The molecular weight excluding hydrogens is 387 g/mol. The van der Waals surface area contributed by atoms with Gasteiger partial charge in [0, 0.05) is 12.4 Å². The molecule has 6 nitrogen and oxygen atoms in total. The summed E-state index contributed by atoms with van der Waals surface area (Å²) >= 11 is 0. The van der Waals surface area contributed by atoms with Crippen LogP contribution in [0.5, 0.6) is 0 Å². The number of aromatic nitrogens is 1. The zero-order valence-corrected chi connectivity index (χ0v) is 16.9. The number of carbonyl (C=O) groups is 1. The van der Waals surface area contributed by atoms with Crippen molar-refractivity contribution in [1.82, 2.24) is 4.57 Å². The Morgan fingerprint density at radius 2 is 2.07 bits per heavy atom. The van der Waals surface area contributed by atoms with Gasteiger partial charge in [0.05, 0.1) is 24.3 Å². The third kappa shape index (κ3) is 3.30. The SMILES string of the molecule is Cc1c(-c2ccc(C[C@H](N)C(=O)O)c3c2CCOC3)c(=O)n(C)c2ccc(F)cc12. The lowest BCUT2D eigenvalue weighted by Gasteiger charge is -2.25. The summed E-state index contributed by atoms with van der Waals surface area (Å²) in [5.74, 6) is -1.42. The average Bonchev–Trinajstić information content (AvgIpc) is 2.73. The van der Waals surface area contributed by atoms with Gasteiger partial charge in [-0.3, -0.25) is 9.59 Å². The summed E-state index contributed by atoms with van der Waals surface area (Å²) in [7, 11) is 1.68. The van der Waals surface area contributed by atoms with Gasteiger partial charge in [0.15, 0.2) is 0 Å². The predicted octanol–water partition coefficient (Wildman–Crippen LogP) is 2.68. The number of halogens is 1. The Balaban J connectivity index is 1.97. The van der Waals surface area contributed by atoms with Gasteiger partial charge in [-0.25, -0.2) is 4.39 Å². The van der Waals surface area contributed by atoms with Crippen LogP contribution in [0.25, 0.3) is 22.0 Å². The second-order valence-electron chi connectivity index (χ2n) is 7.71. The van der Waals surface area contributed by atoms with Crippen LogP contribution in [0.1, 0.15) is 22.3 Å². The van der Waals surface area contributed by atoms with E-state index in [0.717, 1.165) is 27.8 Å². The average molecular weight is 410 g/mol. The second kappa shape index (κ2) is 7.66. The minimum absolute atomic E-state index is 0.157. The molecule has 0 saturated carbocycles. The van der Waals surface area contributed by atoms with Crippen molar-refractivity contribution in [3.05, 3.63) is 68.8 Å². The van der Waals surface area contributed by atoms with Crippen LogP contribution in [0.3, 0.4) is 0 Å². The number of benzene rings is 2. The van der Waals surface area contributed by atoms with Crippen LogP contribution in [0.4, 0.5) is 4.39 Å². The Hall–Kier alpha value is -3.03. The van der Waals surface area contributed by atoms with Crippen LogP contribution in [-0.4, -0.2) is 28.3 Å². The highest BCUT2D eigenvalue weighted by molar-refractivity contribution is 5.89. The Morgan fingerprint density at radius 1 is 1.30 bits per heavy atom. The van der Waals surface area contributed by atoms with Crippen molar-refractivity contribution in [2.24, 2.45) is 12.8 Å². The van der Waals surface area contributed by atoms with E-state index in [4.69, 9.17) is 10.5 Å². The molecule has 3 aromatic rings. The van der Waals surface area contributed by atoms with E-state index in [1.165, 1.54) is 16.7 Å². The first-order chi connectivity index (χ1) is 14.3. The maximum Gasteiger partial charge on any atom is 0.320 e. The first-order valence-electron chi connectivity index (χ1n) is 9.78. The summed E-state index contributed by atoms with van der Waals surface area (Å²) in [5.41, 5.74) is 11.0. The van der Waals surface area contributed by atoms with Gasteiger partial charge in [-0.05, 0) is 65.8 Å². The predicted molar refractivity (Wildman–Crippen MR) is 112 cm³/mol. The van der Waals surface area contributed by atoms with Gasteiger partial charge in [0.1, 0.15) is 11.9 Å². The van der Waals surface area contributed by atoms with Gasteiger partial charge >= 0.3 is 5.97 Å². The van der Waals surface area contributed by atoms with Crippen LogP contribution in [0.15, 0.2) is 35.1 Å². The van der Waals surface area contributed by atoms with E-state index in [1.807, 2.05) is 19.1 Å². The fourth-order valence-corrected chi connectivity index (χ4v) is 4.30. The lowest BCUT2D eigenvalue weighted by molar-refractivity contribution is -0.138. The molecule has 30 heavy (non-hydrogen) atoms. The molecule has 2 aromatic carbocycles. The molecule has 0 unspecified atom stereocenters. The number of carboxylic acid groups (broad SMARTS) is 1. The largest absolute Gasteiger partial charge is 0.480 e. The number of ether oxygens (including phenoxy) is 1. The molecule has 156 valence electrons. The number of nitrogens with zero attached hydrogens (tertiary/aromatic N) is 1. The van der Waals surface area contributed by atoms with Crippen LogP contribution >= 0.6 is 0 Å². The molecule has 0 saturated heterocycles. The molecule has 0 aliphatic carbocycles. The maximum absolute atomic E-state index is 13.9. The van der Waals surface area contributed by atoms with Crippen molar-refractivity contribution in [3.8, 4) is 11.1 Å². The molecule has 2 heterocycles. The standard InChI is InChI=1S/C23H23FN2O4/c1-12-17-10-14(24)4-6-20(17)26(2)22(27)21(12)16-5-3-13(9-19(25)23(28)29)18-11-30-8-7-15(16)18/h3-6,10,19H,7-9,11,25H2,1-2H3,(H,28,29)/t19-/m0/s1. The van der Waals surface area contributed by atoms with E-state index in [9.17, 15) is 19.1 Å². The van der Waals surface area contributed by atoms with E-state index >= 15 is 0 Å². The van der Waals surface area contributed by atoms with Crippen LogP contribution in [-0.2, 0) is 36.0 Å². The molecule has 0 spiro atoms. The smallest absolute Gasteiger partial charge is 0.320 e. The lowest BCUT2D eigenvalue weighted by atomic mass is 9.86. The van der Waals surface area contributed by atoms with Crippen molar-refractivity contribution in [1.29, 1.82) is 0 Å². The number of pyridine rings is 1. The fraction of sp³-hybridized carbons (Fsp3) is 0.304. The van der Waals surface area contributed by atoms with Crippen LogP contribution in [0.2, 0.25) is 0 Å². The molecule has 0 amide bonds. The van der Waals surface area contributed by atoms with Gasteiger partial charge in [-0.15, -0.1) is 0 Å². The Morgan fingerprint density at radius 3 is 2.80 bits per heavy atom. The van der Waals surface area contributed by atoms with Crippen LogP contribution < -0.4 is 11.3 Å². The van der Waals surface area contributed by atoms with Gasteiger partial charge < -0.3 is 20.1 Å². The van der Waals surface area contributed by atoms with Crippen molar-refractivity contribution in [2.75, 3.05) is 6.61 Å². The summed E-state index contributed by atoms with van der Waals surface area (Å²) in [5, 5.41) is 9.86. The lowest BCUT2D eigenvalue weighted by Crippen LogP contribution is -2.33. The van der Waals surface area contributed by atoms with Crippen molar-refractivity contribution in [2.45, 2.75) is 32.4 Å². The number of nitrogens with two attached hydrogens (primary N) is 1. The van der Waals surface area contributed by atoms with E-state index in [0.29, 0.717) is 36.1 Å². The van der Waals surface area contributed by atoms with Gasteiger partial charge in [0.25, 0.3) is 5.56 Å². The number of aryl methyl sites for hydroxylation is 2. The molecular formula is C23H23FN2O4. The molecule has 1 aliphatic heterocycles. The molecule has 0 fully saturated rings. The van der Waals surface area contributed by atoms with E-state index in [1.54, 1.807) is 13.1 Å². The Kier molecular flexibility index (Phi) is 5.17. The zero-order chi connectivity index (χ0) is 21.6.